The third kappa shape index (κ3) is 3.23. The van der Waals surface area contributed by atoms with Crippen LogP contribution in [0.2, 0.25) is 0 Å². The van der Waals surface area contributed by atoms with Gasteiger partial charge in [-0.15, -0.1) is 10.2 Å². The first-order chi connectivity index (χ1) is 14.1. The van der Waals surface area contributed by atoms with Crippen molar-refractivity contribution < 1.29 is 22.3 Å². The molecule has 1 aromatic carbocycles. The molecule has 0 saturated carbocycles. The Morgan fingerprint density at radius 1 is 1.07 bits per heavy atom. The van der Waals surface area contributed by atoms with Gasteiger partial charge in [0.2, 0.25) is 21.8 Å². The lowest BCUT2D eigenvalue weighted by atomic mass is 10.2. The number of nitrogens with zero attached hydrogens (tertiary/aromatic N) is 4. The van der Waals surface area contributed by atoms with Crippen molar-refractivity contribution in [2.45, 2.75) is 23.8 Å². The van der Waals surface area contributed by atoms with E-state index in [0.717, 1.165) is 0 Å². The zero-order valence-electron chi connectivity index (χ0n) is 15.4. The van der Waals surface area contributed by atoms with E-state index in [-0.39, 0.29) is 10.8 Å². The summed E-state index contributed by atoms with van der Waals surface area (Å²) >= 11 is 0. The van der Waals surface area contributed by atoms with Gasteiger partial charge in [0.05, 0.1) is 10.5 Å². The van der Waals surface area contributed by atoms with Gasteiger partial charge in [-0.25, -0.2) is 8.42 Å². The highest BCUT2D eigenvalue weighted by molar-refractivity contribution is 7.89. The highest BCUT2D eigenvalue weighted by Crippen LogP contribution is 2.39. The van der Waals surface area contributed by atoms with Crippen molar-refractivity contribution in [2.24, 2.45) is 0 Å². The number of hydrogen-bond acceptors (Lipinski definition) is 8. The molecule has 4 heterocycles. The summed E-state index contributed by atoms with van der Waals surface area (Å²) in [4.78, 5) is 4.19. The highest BCUT2D eigenvalue weighted by atomic mass is 32.2. The van der Waals surface area contributed by atoms with Crippen LogP contribution in [0, 0.1) is 0 Å². The van der Waals surface area contributed by atoms with E-state index in [2.05, 4.69) is 15.2 Å². The molecule has 0 radical (unpaired) electrons. The first-order valence-corrected chi connectivity index (χ1v) is 10.7. The summed E-state index contributed by atoms with van der Waals surface area (Å²) in [5.41, 5.74) is 0.686. The molecule has 150 valence electrons. The number of fused-ring (bicyclic) bond motifs is 1. The Labute approximate surface area is 167 Å². The van der Waals surface area contributed by atoms with Crippen LogP contribution >= 0.6 is 0 Å². The number of hydrogen-bond donors (Lipinski definition) is 0. The van der Waals surface area contributed by atoms with Crippen LogP contribution in [0.5, 0.6) is 11.5 Å². The summed E-state index contributed by atoms with van der Waals surface area (Å²) in [6, 6.07) is 7.74. The molecule has 9 nitrogen and oxygen atoms in total. The number of ether oxygens (including phenoxy) is 2. The minimum absolute atomic E-state index is 0.153. The van der Waals surface area contributed by atoms with Crippen molar-refractivity contribution >= 4 is 10.0 Å². The summed E-state index contributed by atoms with van der Waals surface area (Å²) in [6.45, 7) is 1.22. The van der Waals surface area contributed by atoms with Crippen LogP contribution in [0.4, 0.5) is 0 Å². The number of pyridine rings is 1. The van der Waals surface area contributed by atoms with E-state index in [1.54, 1.807) is 24.5 Å². The Balaban J connectivity index is 1.45. The van der Waals surface area contributed by atoms with E-state index < -0.39 is 16.1 Å². The fourth-order valence-electron chi connectivity index (χ4n) is 3.57. The van der Waals surface area contributed by atoms with Gasteiger partial charge in [-0.2, -0.15) is 4.31 Å². The quantitative estimate of drug-likeness (QED) is 0.641. The molecule has 0 bridgehead atoms. The second kappa shape index (κ2) is 7.12. The molecule has 1 saturated heterocycles. The van der Waals surface area contributed by atoms with Crippen molar-refractivity contribution in [3.63, 3.8) is 0 Å². The summed E-state index contributed by atoms with van der Waals surface area (Å²) in [5.74, 6) is 1.58. The second-order valence-corrected chi connectivity index (χ2v) is 8.66. The predicted octanol–water partition coefficient (Wildman–Crippen LogP) is 2.43. The van der Waals surface area contributed by atoms with E-state index in [1.807, 2.05) is 6.07 Å². The molecule has 3 aromatic rings. The van der Waals surface area contributed by atoms with Gasteiger partial charge < -0.3 is 13.9 Å². The number of rotatable bonds is 4. The van der Waals surface area contributed by atoms with Crippen LogP contribution < -0.4 is 9.47 Å². The summed E-state index contributed by atoms with van der Waals surface area (Å²) in [6.07, 6.45) is 4.59. The van der Waals surface area contributed by atoms with Crippen LogP contribution in [-0.2, 0) is 10.0 Å². The predicted molar refractivity (Wildman–Crippen MR) is 101 cm³/mol. The van der Waals surface area contributed by atoms with Crippen molar-refractivity contribution in [2.75, 3.05) is 19.8 Å². The van der Waals surface area contributed by atoms with Gasteiger partial charge in [0.25, 0.3) is 0 Å². The first-order valence-electron chi connectivity index (χ1n) is 9.28. The molecule has 0 N–H and O–H groups in total. The number of benzene rings is 1. The fourth-order valence-corrected chi connectivity index (χ4v) is 5.24. The molecule has 0 spiro atoms. The normalized spacial score (nSPS) is 19.4. The SMILES string of the molecule is O=S(=O)(c1ccc2c(c1)OCCO2)N1CCC[C@H]1c1nnc(-c2cccnc2)o1. The minimum Gasteiger partial charge on any atom is -0.486 e. The Hall–Kier alpha value is -2.98. The van der Waals surface area contributed by atoms with Crippen molar-refractivity contribution in [3.05, 3.63) is 48.6 Å². The molecule has 0 aliphatic carbocycles. The zero-order chi connectivity index (χ0) is 19.8. The fraction of sp³-hybridized carbons (Fsp3) is 0.316. The van der Waals surface area contributed by atoms with Crippen LogP contribution in [0.25, 0.3) is 11.5 Å². The van der Waals surface area contributed by atoms with Crippen molar-refractivity contribution in [3.8, 4) is 23.0 Å². The zero-order valence-corrected chi connectivity index (χ0v) is 16.2. The molecular formula is C19H18N4O5S. The Morgan fingerprint density at radius 3 is 2.76 bits per heavy atom. The summed E-state index contributed by atoms with van der Waals surface area (Å²) in [7, 11) is -3.77. The number of sulfonamides is 1. The molecule has 5 rings (SSSR count). The van der Waals surface area contributed by atoms with Gasteiger partial charge in [-0.3, -0.25) is 4.98 Å². The molecule has 2 aromatic heterocycles. The van der Waals surface area contributed by atoms with Gasteiger partial charge >= 0.3 is 0 Å². The maximum Gasteiger partial charge on any atom is 0.249 e. The Bertz CT molecular complexity index is 1130. The third-order valence-corrected chi connectivity index (χ3v) is 6.86. The Morgan fingerprint density at radius 2 is 1.93 bits per heavy atom. The van der Waals surface area contributed by atoms with Crippen molar-refractivity contribution in [1.82, 2.24) is 19.5 Å². The molecule has 2 aliphatic heterocycles. The average molecular weight is 414 g/mol. The molecule has 0 unspecified atom stereocenters. The minimum atomic E-state index is -3.77. The molecule has 2 aliphatic rings. The first kappa shape index (κ1) is 18.1. The Kier molecular flexibility index (Phi) is 4.44. The topological polar surface area (TPSA) is 108 Å². The van der Waals surface area contributed by atoms with Gasteiger partial charge in [-0.1, -0.05) is 0 Å². The van der Waals surface area contributed by atoms with E-state index in [4.69, 9.17) is 13.9 Å². The van der Waals surface area contributed by atoms with E-state index >= 15 is 0 Å². The van der Waals surface area contributed by atoms with Gasteiger partial charge in [0.1, 0.15) is 19.3 Å². The van der Waals surface area contributed by atoms with Gasteiger partial charge in [0, 0.05) is 25.0 Å². The van der Waals surface area contributed by atoms with E-state index in [1.165, 1.54) is 16.4 Å². The van der Waals surface area contributed by atoms with Gasteiger partial charge in [-0.05, 0) is 37.1 Å². The molecule has 1 fully saturated rings. The standard InChI is InChI=1S/C19H18N4O5S/c24-29(25,14-5-6-16-17(11-14)27-10-9-26-16)23-8-2-4-15(23)19-22-21-18(28-19)13-3-1-7-20-12-13/h1,3,5-7,11-12,15H,2,4,8-10H2/t15-/m0/s1. The molecule has 1 atom stereocenters. The average Bonchev–Trinajstić information content (AvgIpc) is 3.44. The lowest BCUT2D eigenvalue weighted by Crippen LogP contribution is -2.31. The summed E-state index contributed by atoms with van der Waals surface area (Å²) in [5, 5.41) is 8.17. The van der Waals surface area contributed by atoms with Crippen LogP contribution in [0.3, 0.4) is 0 Å². The molecular weight excluding hydrogens is 396 g/mol. The van der Waals surface area contributed by atoms with Crippen LogP contribution in [-0.4, -0.2) is 47.7 Å². The monoisotopic (exact) mass is 414 g/mol. The number of aromatic nitrogens is 3. The maximum absolute atomic E-state index is 13.3. The van der Waals surface area contributed by atoms with Crippen molar-refractivity contribution in [1.29, 1.82) is 0 Å². The van der Waals surface area contributed by atoms with Crippen LogP contribution in [0.15, 0.2) is 52.0 Å². The largest absolute Gasteiger partial charge is 0.486 e. The maximum atomic E-state index is 13.3. The van der Waals surface area contributed by atoms with E-state index in [9.17, 15) is 8.42 Å². The molecule has 10 heteroatoms. The van der Waals surface area contributed by atoms with E-state index in [0.29, 0.717) is 55.6 Å². The van der Waals surface area contributed by atoms with Gasteiger partial charge in [0.15, 0.2) is 11.5 Å². The lowest BCUT2D eigenvalue weighted by molar-refractivity contribution is 0.171. The molecule has 29 heavy (non-hydrogen) atoms. The lowest BCUT2D eigenvalue weighted by Gasteiger charge is -2.23. The summed E-state index contributed by atoms with van der Waals surface area (Å²) < 4.78 is 44.8. The van der Waals surface area contributed by atoms with Crippen LogP contribution in [0.1, 0.15) is 24.8 Å². The smallest absolute Gasteiger partial charge is 0.249 e. The highest BCUT2D eigenvalue weighted by Gasteiger charge is 2.39. The third-order valence-electron chi connectivity index (χ3n) is 4.96. The second-order valence-electron chi connectivity index (χ2n) is 6.77. The molecule has 0 amide bonds.